The Morgan fingerprint density at radius 1 is 1.33 bits per heavy atom. The molecule has 0 spiro atoms. The van der Waals surface area contributed by atoms with E-state index in [9.17, 15) is 10.2 Å². The predicted octanol–water partition coefficient (Wildman–Crippen LogP) is 2.54. The van der Waals surface area contributed by atoms with Gasteiger partial charge in [-0.05, 0) is 49.8 Å². The average Bonchev–Trinajstić information content (AvgIpc) is 2.60. The van der Waals surface area contributed by atoms with E-state index in [1.54, 1.807) is 0 Å². The van der Waals surface area contributed by atoms with Gasteiger partial charge < -0.3 is 19.8 Å². The van der Waals surface area contributed by atoms with Gasteiger partial charge in [-0.15, -0.1) is 0 Å². The van der Waals surface area contributed by atoms with E-state index in [4.69, 9.17) is 4.74 Å². The maximum Gasteiger partial charge on any atom is 0.0900 e. The van der Waals surface area contributed by atoms with Crippen LogP contribution < -0.4 is 0 Å². The number of rotatable bonds is 6. The normalized spacial score (nSPS) is 29.2. The second-order valence-corrected chi connectivity index (χ2v) is 7.87. The smallest absolute Gasteiger partial charge is 0.0900 e. The van der Waals surface area contributed by atoms with Gasteiger partial charge in [-0.1, -0.05) is 31.2 Å². The number of likely N-dealkylation sites (tertiary alicyclic amines) is 1. The van der Waals surface area contributed by atoms with Gasteiger partial charge in [0.1, 0.15) is 0 Å². The first-order valence-corrected chi connectivity index (χ1v) is 9.30. The van der Waals surface area contributed by atoms with Gasteiger partial charge in [0, 0.05) is 25.1 Å². The molecule has 24 heavy (non-hydrogen) atoms. The van der Waals surface area contributed by atoms with Crippen LogP contribution in [0.25, 0.3) is 0 Å². The molecule has 1 aliphatic heterocycles. The van der Waals surface area contributed by atoms with Crippen LogP contribution in [0.4, 0.5) is 0 Å². The quantitative estimate of drug-likeness (QED) is 0.840. The molecule has 3 unspecified atom stereocenters. The Morgan fingerprint density at radius 3 is 3.00 bits per heavy atom. The van der Waals surface area contributed by atoms with Crippen LogP contribution in [0.1, 0.15) is 49.8 Å². The number of hydrogen-bond donors (Lipinski definition) is 2. The summed E-state index contributed by atoms with van der Waals surface area (Å²) in [4.78, 5) is 2.27. The molecular formula is C20H31NO3. The number of ether oxygens (including phenoxy) is 1. The molecule has 4 nitrogen and oxygen atoms in total. The lowest BCUT2D eigenvalue weighted by molar-refractivity contribution is -0.0398. The van der Waals surface area contributed by atoms with Crippen molar-refractivity contribution < 1.29 is 14.9 Å². The zero-order valence-corrected chi connectivity index (χ0v) is 14.8. The van der Waals surface area contributed by atoms with Crippen molar-refractivity contribution in [2.24, 2.45) is 5.41 Å². The molecule has 1 aromatic carbocycles. The molecule has 1 aromatic rings. The lowest BCUT2D eigenvalue weighted by atomic mass is 9.83. The molecule has 1 aliphatic carbocycles. The van der Waals surface area contributed by atoms with Gasteiger partial charge in [0.15, 0.2) is 0 Å². The van der Waals surface area contributed by atoms with E-state index >= 15 is 0 Å². The van der Waals surface area contributed by atoms with Crippen molar-refractivity contribution in [3.8, 4) is 0 Å². The van der Waals surface area contributed by atoms with Crippen LogP contribution in [0.3, 0.4) is 0 Å². The van der Waals surface area contributed by atoms with Gasteiger partial charge in [-0.2, -0.15) is 0 Å². The number of aryl methyl sites for hydroxylation is 1. The Morgan fingerprint density at radius 2 is 2.17 bits per heavy atom. The monoisotopic (exact) mass is 333 g/mol. The first kappa shape index (κ1) is 17.9. The lowest BCUT2D eigenvalue weighted by Gasteiger charge is -2.40. The van der Waals surface area contributed by atoms with Crippen molar-refractivity contribution in [2.45, 2.75) is 51.2 Å². The molecule has 0 saturated carbocycles. The van der Waals surface area contributed by atoms with E-state index in [1.165, 1.54) is 11.1 Å². The number of fused-ring (bicyclic) bond motifs is 1. The minimum absolute atomic E-state index is 0.0266. The van der Waals surface area contributed by atoms with Gasteiger partial charge in [0.25, 0.3) is 0 Å². The fraction of sp³-hybridized carbons (Fsp3) is 0.700. The molecule has 3 rings (SSSR count). The Hall–Kier alpha value is -0.940. The zero-order valence-electron chi connectivity index (χ0n) is 14.8. The number of nitrogens with zero attached hydrogens (tertiary/aromatic N) is 1. The Bertz CT molecular complexity index is 535. The Labute approximate surface area is 145 Å². The summed E-state index contributed by atoms with van der Waals surface area (Å²) >= 11 is 0. The molecule has 4 heteroatoms. The predicted molar refractivity (Wildman–Crippen MR) is 94.9 cm³/mol. The maximum absolute atomic E-state index is 10.4. The van der Waals surface area contributed by atoms with Gasteiger partial charge in [0.2, 0.25) is 0 Å². The van der Waals surface area contributed by atoms with Gasteiger partial charge in [-0.3, -0.25) is 0 Å². The average molecular weight is 333 g/mol. The molecule has 1 heterocycles. The van der Waals surface area contributed by atoms with Crippen molar-refractivity contribution in [2.75, 3.05) is 32.8 Å². The summed E-state index contributed by atoms with van der Waals surface area (Å²) in [5.41, 5.74) is 2.65. The Balaban J connectivity index is 1.49. The fourth-order valence-electron chi connectivity index (χ4n) is 4.17. The highest BCUT2D eigenvalue weighted by Crippen LogP contribution is 2.32. The molecule has 1 fully saturated rings. The second-order valence-electron chi connectivity index (χ2n) is 7.87. The molecule has 0 amide bonds. The number of β-amino-alcohol motifs (C(OH)–C–C–N with tert-alkyl or cyclic N) is 1. The third kappa shape index (κ3) is 4.37. The fourth-order valence-corrected chi connectivity index (χ4v) is 4.17. The second kappa shape index (κ2) is 7.96. The standard InChI is InChI=1S/C20H31NO3/c1-20(15-22)10-5-11-21(14-20)12-17(23)13-24-19-9-4-7-16-6-2-3-8-18(16)19/h2-3,6,8,17,19,22-23H,4-5,7,9-15H2,1H3. The summed E-state index contributed by atoms with van der Waals surface area (Å²) in [5.74, 6) is 0. The highest BCUT2D eigenvalue weighted by Gasteiger charge is 2.31. The number of aliphatic hydroxyl groups excluding tert-OH is 2. The molecule has 2 N–H and O–H groups in total. The first-order chi connectivity index (χ1) is 11.6. The van der Waals surface area contributed by atoms with E-state index in [0.717, 1.165) is 45.2 Å². The number of piperidine rings is 1. The minimum atomic E-state index is -0.472. The van der Waals surface area contributed by atoms with E-state index < -0.39 is 6.10 Å². The van der Waals surface area contributed by atoms with Gasteiger partial charge in [-0.25, -0.2) is 0 Å². The summed E-state index contributed by atoms with van der Waals surface area (Å²) in [6.45, 7) is 5.21. The molecule has 1 saturated heterocycles. The van der Waals surface area contributed by atoms with Crippen LogP contribution in [0.2, 0.25) is 0 Å². The number of aliphatic hydroxyl groups is 2. The van der Waals surface area contributed by atoms with Crippen LogP contribution in [-0.4, -0.2) is 54.1 Å². The van der Waals surface area contributed by atoms with Crippen LogP contribution in [0.15, 0.2) is 24.3 Å². The molecule has 0 bridgehead atoms. The van der Waals surface area contributed by atoms with Crippen molar-refractivity contribution in [3.05, 3.63) is 35.4 Å². The van der Waals surface area contributed by atoms with Gasteiger partial charge in [0.05, 0.1) is 18.8 Å². The molecule has 3 atom stereocenters. The topological polar surface area (TPSA) is 52.9 Å². The first-order valence-electron chi connectivity index (χ1n) is 9.30. The van der Waals surface area contributed by atoms with Crippen LogP contribution in [0, 0.1) is 5.41 Å². The molecule has 134 valence electrons. The number of hydrogen-bond acceptors (Lipinski definition) is 4. The zero-order chi connectivity index (χ0) is 17.0. The van der Waals surface area contributed by atoms with Crippen molar-refractivity contribution in [1.29, 1.82) is 0 Å². The van der Waals surface area contributed by atoms with Crippen LogP contribution in [-0.2, 0) is 11.2 Å². The van der Waals surface area contributed by atoms with Crippen molar-refractivity contribution >= 4 is 0 Å². The number of benzene rings is 1. The van der Waals surface area contributed by atoms with E-state index in [2.05, 4.69) is 36.1 Å². The minimum Gasteiger partial charge on any atom is -0.396 e. The van der Waals surface area contributed by atoms with E-state index in [-0.39, 0.29) is 18.1 Å². The summed E-state index contributed by atoms with van der Waals surface area (Å²) < 4.78 is 6.07. The Kier molecular flexibility index (Phi) is 5.93. The largest absolute Gasteiger partial charge is 0.396 e. The summed E-state index contributed by atoms with van der Waals surface area (Å²) in [5, 5.41) is 19.9. The summed E-state index contributed by atoms with van der Waals surface area (Å²) in [6.07, 6.45) is 5.11. The highest BCUT2D eigenvalue weighted by atomic mass is 16.5. The van der Waals surface area contributed by atoms with Crippen LogP contribution in [0.5, 0.6) is 0 Å². The molecule has 2 aliphatic rings. The van der Waals surface area contributed by atoms with Crippen molar-refractivity contribution in [1.82, 2.24) is 4.90 Å². The maximum atomic E-state index is 10.4. The van der Waals surface area contributed by atoms with Crippen LogP contribution >= 0.6 is 0 Å². The summed E-state index contributed by atoms with van der Waals surface area (Å²) in [6, 6.07) is 8.50. The molecule has 0 radical (unpaired) electrons. The highest BCUT2D eigenvalue weighted by molar-refractivity contribution is 5.31. The third-order valence-corrected chi connectivity index (χ3v) is 5.51. The van der Waals surface area contributed by atoms with Gasteiger partial charge >= 0.3 is 0 Å². The summed E-state index contributed by atoms with van der Waals surface area (Å²) in [7, 11) is 0. The molecule has 0 aromatic heterocycles. The van der Waals surface area contributed by atoms with E-state index in [0.29, 0.717) is 13.2 Å². The molecular weight excluding hydrogens is 302 g/mol. The van der Waals surface area contributed by atoms with Crippen molar-refractivity contribution in [3.63, 3.8) is 0 Å². The lowest BCUT2D eigenvalue weighted by Crippen LogP contribution is -2.47. The van der Waals surface area contributed by atoms with E-state index in [1.807, 2.05) is 0 Å². The SMILES string of the molecule is CC1(CO)CCCN(CC(O)COC2CCCc3ccccc32)C1. The third-order valence-electron chi connectivity index (χ3n) is 5.51.